The van der Waals surface area contributed by atoms with Crippen LogP contribution in [0.4, 0.5) is 0 Å². The maximum atomic E-state index is 10.3. The SMILES string of the molecule is COC(C)(C)CC(C)CC(=O)O. The fourth-order valence-corrected chi connectivity index (χ4v) is 1.29. The van der Waals surface area contributed by atoms with Crippen LogP contribution in [0.2, 0.25) is 0 Å². The second-order valence-corrected chi connectivity index (χ2v) is 3.87. The fraction of sp³-hybridized carbons (Fsp3) is 0.889. The molecule has 1 unspecified atom stereocenters. The number of hydrogen-bond acceptors (Lipinski definition) is 2. The molecule has 3 heteroatoms. The first-order valence-electron chi connectivity index (χ1n) is 4.14. The molecule has 0 rings (SSSR count). The summed E-state index contributed by atoms with van der Waals surface area (Å²) in [6, 6.07) is 0. The second-order valence-electron chi connectivity index (χ2n) is 3.87. The van der Waals surface area contributed by atoms with Gasteiger partial charge in [-0.2, -0.15) is 0 Å². The summed E-state index contributed by atoms with van der Waals surface area (Å²) in [6.45, 7) is 5.85. The lowest BCUT2D eigenvalue weighted by molar-refractivity contribution is -0.138. The molecule has 0 aromatic rings. The second kappa shape index (κ2) is 4.45. The van der Waals surface area contributed by atoms with Crippen molar-refractivity contribution in [3.8, 4) is 0 Å². The maximum Gasteiger partial charge on any atom is 0.303 e. The van der Waals surface area contributed by atoms with E-state index in [0.717, 1.165) is 6.42 Å². The van der Waals surface area contributed by atoms with Crippen LogP contribution in [0.5, 0.6) is 0 Å². The molecule has 0 saturated carbocycles. The summed E-state index contributed by atoms with van der Waals surface area (Å²) in [5, 5.41) is 8.51. The zero-order chi connectivity index (χ0) is 9.78. The van der Waals surface area contributed by atoms with Crippen LogP contribution in [-0.2, 0) is 9.53 Å². The predicted octanol–water partition coefficient (Wildman–Crippen LogP) is 1.91. The van der Waals surface area contributed by atoms with Crippen molar-refractivity contribution in [2.75, 3.05) is 7.11 Å². The Kier molecular flexibility index (Phi) is 4.24. The molecule has 0 radical (unpaired) electrons. The Morgan fingerprint density at radius 3 is 2.42 bits per heavy atom. The molecule has 72 valence electrons. The van der Waals surface area contributed by atoms with Gasteiger partial charge < -0.3 is 9.84 Å². The van der Waals surface area contributed by atoms with Crippen molar-refractivity contribution in [1.82, 2.24) is 0 Å². The van der Waals surface area contributed by atoms with Crippen molar-refractivity contribution in [2.45, 2.75) is 39.2 Å². The summed E-state index contributed by atoms with van der Waals surface area (Å²) in [6.07, 6.45) is 0.989. The van der Waals surface area contributed by atoms with E-state index in [4.69, 9.17) is 9.84 Å². The Morgan fingerprint density at radius 2 is 2.08 bits per heavy atom. The molecule has 0 aliphatic carbocycles. The minimum absolute atomic E-state index is 0.164. The van der Waals surface area contributed by atoms with Gasteiger partial charge in [0.15, 0.2) is 0 Å². The van der Waals surface area contributed by atoms with E-state index in [9.17, 15) is 4.79 Å². The molecular weight excluding hydrogens is 156 g/mol. The van der Waals surface area contributed by atoms with Gasteiger partial charge in [0.05, 0.1) is 5.60 Å². The van der Waals surface area contributed by atoms with Gasteiger partial charge in [0, 0.05) is 13.5 Å². The van der Waals surface area contributed by atoms with Crippen LogP contribution < -0.4 is 0 Å². The van der Waals surface area contributed by atoms with Crippen LogP contribution in [0.15, 0.2) is 0 Å². The fourth-order valence-electron chi connectivity index (χ4n) is 1.29. The van der Waals surface area contributed by atoms with E-state index in [1.165, 1.54) is 0 Å². The first kappa shape index (κ1) is 11.4. The van der Waals surface area contributed by atoms with E-state index in [1.807, 2.05) is 20.8 Å². The number of carboxylic acids is 1. The van der Waals surface area contributed by atoms with Crippen molar-refractivity contribution >= 4 is 5.97 Å². The largest absolute Gasteiger partial charge is 0.481 e. The zero-order valence-corrected chi connectivity index (χ0v) is 8.26. The average Bonchev–Trinajstić information content (AvgIpc) is 1.84. The minimum Gasteiger partial charge on any atom is -0.481 e. The average molecular weight is 174 g/mol. The molecule has 0 spiro atoms. The van der Waals surface area contributed by atoms with Crippen molar-refractivity contribution in [2.24, 2.45) is 5.92 Å². The highest BCUT2D eigenvalue weighted by molar-refractivity contribution is 5.66. The van der Waals surface area contributed by atoms with Crippen molar-refractivity contribution in [3.63, 3.8) is 0 Å². The normalized spacial score (nSPS) is 14.3. The summed E-state index contributed by atoms with van der Waals surface area (Å²) in [4.78, 5) is 10.3. The molecule has 0 saturated heterocycles. The van der Waals surface area contributed by atoms with Gasteiger partial charge in [-0.1, -0.05) is 6.92 Å². The first-order valence-corrected chi connectivity index (χ1v) is 4.14. The van der Waals surface area contributed by atoms with Gasteiger partial charge >= 0.3 is 5.97 Å². The molecule has 1 atom stereocenters. The van der Waals surface area contributed by atoms with Crippen molar-refractivity contribution in [3.05, 3.63) is 0 Å². The lowest BCUT2D eigenvalue weighted by Crippen LogP contribution is -2.26. The molecule has 0 aromatic carbocycles. The number of carbonyl (C=O) groups is 1. The van der Waals surface area contributed by atoms with Crippen LogP contribution in [0.1, 0.15) is 33.6 Å². The van der Waals surface area contributed by atoms with Gasteiger partial charge in [0.25, 0.3) is 0 Å². The van der Waals surface area contributed by atoms with Crippen LogP contribution in [0.3, 0.4) is 0 Å². The highest BCUT2D eigenvalue weighted by atomic mass is 16.5. The lowest BCUT2D eigenvalue weighted by Gasteiger charge is -2.25. The van der Waals surface area contributed by atoms with Gasteiger partial charge in [-0.25, -0.2) is 0 Å². The molecule has 3 nitrogen and oxygen atoms in total. The summed E-state index contributed by atoms with van der Waals surface area (Å²) < 4.78 is 5.20. The molecule has 12 heavy (non-hydrogen) atoms. The van der Waals surface area contributed by atoms with E-state index in [1.54, 1.807) is 7.11 Å². The molecule has 0 amide bonds. The smallest absolute Gasteiger partial charge is 0.303 e. The van der Waals surface area contributed by atoms with Crippen LogP contribution in [0, 0.1) is 5.92 Å². The third-order valence-electron chi connectivity index (χ3n) is 1.92. The van der Waals surface area contributed by atoms with Crippen molar-refractivity contribution in [1.29, 1.82) is 0 Å². The zero-order valence-electron chi connectivity index (χ0n) is 8.26. The maximum absolute atomic E-state index is 10.3. The van der Waals surface area contributed by atoms with E-state index < -0.39 is 5.97 Å². The van der Waals surface area contributed by atoms with E-state index in [-0.39, 0.29) is 17.9 Å². The number of hydrogen-bond donors (Lipinski definition) is 1. The molecule has 0 bridgehead atoms. The van der Waals surface area contributed by atoms with Gasteiger partial charge in [-0.15, -0.1) is 0 Å². The molecular formula is C9H18O3. The summed E-state index contributed by atoms with van der Waals surface area (Å²) >= 11 is 0. The molecule has 0 aromatic heterocycles. The minimum atomic E-state index is -0.741. The van der Waals surface area contributed by atoms with Gasteiger partial charge in [-0.3, -0.25) is 4.79 Å². The van der Waals surface area contributed by atoms with Crippen molar-refractivity contribution < 1.29 is 14.6 Å². The molecule has 0 heterocycles. The molecule has 0 aliphatic heterocycles. The quantitative estimate of drug-likeness (QED) is 0.692. The summed E-state index contributed by atoms with van der Waals surface area (Å²) in [7, 11) is 1.65. The number of ether oxygens (including phenoxy) is 1. The Bertz CT molecular complexity index is 152. The van der Waals surface area contributed by atoms with E-state index in [2.05, 4.69) is 0 Å². The number of carboxylic acid groups (broad SMARTS) is 1. The van der Waals surface area contributed by atoms with Gasteiger partial charge in [0.1, 0.15) is 0 Å². The first-order chi connectivity index (χ1) is 5.37. The molecule has 0 fully saturated rings. The summed E-state index contributed by atoms with van der Waals surface area (Å²) in [5.41, 5.74) is -0.213. The third-order valence-corrected chi connectivity index (χ3v) is 1.92. The number of methoxy groups -OCH3 is 1. The monoisotopic (exact) mass is 174 g/mol. The predicted molar refractivity (Wildman–Crippen MR) is 47.1 cm³/mol. The van der Waals surface area contributed by atoms with Gasteiger partial charge in [0.2, 0.25) is 0 Å². The lowest BCUT2D eigenvalue weighted by atomic mass is 9.92. The van der Waals surface area contributed by atoms with Crippen LogP contribution >= 0.6 is 0 Å². The number of rotatable bonds is 5. The van der Waals surface area contributed by atoms with E-state index >= 15 is 0 Å². The standard InChI is InChI=1S/C9H18O3/c1-7(5-8(10)11)6-9(2,3)12-4/h7H,5-6H2,1-4H3,(H,10,11). The Labute approximate surface area is 73.7 Å². The van der Waals surface area contributed by atoms with Crippen LogP contribution in [-0.4, -0.2) is 23.8 Å². The highest BCUT2D eigenvalue weighted by Gasteiger charge is 2.21. The number of aliphatic carboxylic acids is 1. The highest BCUT2D eigenvalue weighted by Crippen LogP contribution is 2.21. The Hall–Kier alpha value is -0.570. The van der Waals surface area contributed by atoms with E-state index in [0.29, 0.717) is 0 Å². The third kappa shape index (κ3) is 5.13. The van der Waals surface area contributed by atoms with Gasteiger partial charge in [-0.05, 0) is 26.2 Å². The summed E-state index contributed by atoms with van der Waals surface area (Å²) in [5.74, 6) is -0.577. The topological polar surface area (TPSA) is 46.5 Å². The molecule has 1 N–H and O–H groups in total. The Balaban J connectivity index is 3.83. The molecule has 0 aliphatic rings. The van der Waals surface area contributed by atoms with Crippen LogP contribution in [0.25, 0.3) is 0 Å². The Morgan fingerprint density at radius 1 is 1.58 bits per heavy atom.